The second-order valence-electron chi connectivity index (χ2n) is 8.94. The van der Waals surface area contributed by atoms with E-state index < -0.39 is 0 Å². The molecule has 3 heterocycles. The Morgan fingerprint density at radius 2 is 1.76 bits per heavy atom. The smallest absolute Gasteiger partial charge is 0.269 e. The van der Waals surface area contributed by atoms with Crippen molar-refractivity contribution in [2.45, 2.75) is 20.0 Å². The molecule has 0 atom stereocenters. The third kappa shape index (κ3) is 5.27. The van der Waals surface area contributed by atoms with Crippen molar-refractivity contribution in [1.29, 1.82) is 0 Å². The number of nitrogens with zero attached hydrogens (tertiary/aromatic N) is 4. The number of carbonyl (C=O) groups is 1. The number of aryl methyl sites for hydroxylation is 1. The molecule has 0 aliphatic carbocycles. The molecule has 0 aliphatic heterocycles. The van der Waals surface area contributed by atoms with Crippen LogP contribution in [0.4, 0.5) is 11.6 Å². The lowest BCUT2D eigenvalue weighted by molar-refractivity contribution is 0.0958. The predicted octanol–water partition coefficient (Wildman–Crippen LogP) is 5.96. The Balaban J connectivity index is 0.00000353. The van der Waals surface area contributed by atoms with Crippen LogP contribution >= 0.6 is 0 Å². The van der Waals surface area contributed by atoms with Crippen LogP contribution in [0, 0.1) is 0 Å². The highest BCUT2D eigenvalue weighted by Gasteiger charge is 2.14. The van der Waals surface area contributed by atoms with E-state index in [2.05, 4.69) is 26.7 Å². The number of nitrogens with one attached hydrogen (secondary N) is 2. The molecule has 2 aromatic carbocycles. The Hall–Kier alpha value is -4.92. The van der Waals surface area contributed by atoms with Crippen LogP contribution in [0.5, 0.6) is 17.2 Å². The molecular formula is C29H30N6O3. The maximum absolute atomic E-state index is 11.9. The van der Waals surface area contributed by atoms with Crippen LogP contribution in [0.2, 0.25) is 0 Å². The first-order valence-corrected chi connectivity index (χ1v) is 12.2. The average molecular weight is 511 g/mol. The van der Waals surface area contributed by atoms with Crippen molar-refractivity contribution >= 4 is 28.6 Å². The Bertz CT molecular complexity index is 1600. The molecule has 194 valence electrons. The minimum atomic E-state index is -0.276. The fourth-order valence-electron chi connectivity index (χ4n) is 4.07. The monoisotopic (exact) mass is 510 g/mol. The van der Waals surface area contributed by atoms with Gasteiger partial charge in [-0.25, -0.2) is 4.98 Å². The molecule has 0 saturated carbocycles. The van der Waals surface area contributed by atoms with E-state index in [9.17, 15) is 4.79 Å². The molecular weight excluding hydrogens is 480 g/mol. The second-order valence-corrected chi connectivity index (χ2v) is 8.94. The number of amides is 1. The van der Waals surface area contributed by atoms with Crippen molar-refractivity contribution in [1.82, 2.24) is 24.8 Å². The third-order valence-corrected chi connectivity index (χ3v) is 5.87. The first-order chi connectivity index (χ1) is 18.4. The summed E-state index contributed by atoms with van der Waals surface area (Å²) in [5.74, 6) is 2.33. The number of aromatic nitrogens is 4. The van der Waals surface area contributed by atoms with Gasteiger partial charge in [0.25, 0.3) is 5.91 Å². The molecule has 0 radical (unpaired) electrons. The van der Waals surface area contributed by atoms with Gasteiger partial charge in [0, 0.05) is 57.5 Å². The van der Waals surface area contributed by atoms with Crippen LogP contribution in [-0.2, 0) is 7.05 Å². The summed E-state index contributed by atoms with van der Waals surface area (Å²) >= 11 is 0. The summed E-state index contributed by atoms with van der Waals surface area (Å²) in [6.07, 6.45) is 5.13. The summed E-state index contributed by atoms with van der Waals surface area (Å²) in [4.78, 5) is 24.9. The van der Waals surface area contributed by atoms with E-state index >= 15 is 0 Å². The van der Waals surface area contributed by atoms with Gasteiger partial charge in [-0.1, -0.05) is 0 Å². The largest absolute Gasteiger partial charge is 0.490 e. The number of hydrogen-bond acceptors (Lipinski definition) is 7. The number of anilines is 2. The van der Waals surface area contributed by atoms with Crippen LogP contribution in [0.1, 0.15) is 25.8 Å². The van der Waals surface area contributed by atoms with E-state index in [1.54, 1.807) is 37.8 Å². The normalized spacial score (nSPS) is 11.0. The summed E-state index contributed by atoms with van der Waals surface area (Å²) in [6, 6.07) is 18.9. The van der Waals surface area contributed by atoms with E-state index in [0.717, 1.165) is 33.6 Å². The van der Waals surface area contributed by atoms with E-state index in [1.807, 2.05) is 67.9 Å². The number of imidazole rings is 1. The standard InChI is InChI=1S/C29H28N6O3.H2/c1-18(2)37-27-8-5-20(15-23(27)19-9-12-31-13-10-19)33-29-34-24-16-21(6-7-26(24)35(29)4)38-22-11-14-32-25(17-22)28(36)30-3;/h5-18H,1-4H3,(H,30,36)(H,33,34);1H. The molecule has 3 aromatic heterocycles. The van der Waals surface area contributed by atoms with Crippen molar-refractivity contribution < 1.29 is 15.7 Å². The molecule has 38 heavy (non-hydrogen) atoms. The Labute approximate surface area is 222 Å². The number of hydrogen-bond donors (Lipinski definition) is 2. The number of fused-ring (bicyclic) bond motifs is 1. The molecule has 1 amide bonds. The summed E-state index contributed by atoms with van der Waals surface area (Å²) in [5.41, 5.74) is 4.85. The zero-order chi connectivity index (χ0) is 26.6. The van der Waals surface area contributed by atoms with Crippen LogP contribution in [-0.4, -0.2) is 38.6 Å². The van der Waals surface area contributed by atoms with Gasteiger partial charge in [0.15, 0.2) is 0 Å². The summed E-state index contributed by atoms with van der Waals surface area (Å²) in [5, 5.41) is 6.00. The molecule has 9 nitrogen and oxygen atoms in total. The molecule has 0 bridgehead atoms. The second kappa shape index (κ2) is 10.6. The lowest BCUT2D eigenvalue weighted by Gasteiger charge is -2.16. The van der Waals surface area contributed by atoms with Crippen molar-refractivity contribution in [2.24, 2.45) is 7.05 Å². The van der Waals surface area contributed by atoms with Gasteiger partial charge in [0.1, 0.15) is 22.9 Å². The number of rotatable bonds is 8. The third-order valence-electron chi connectivity index (χ3n) is 5.87. The summed E-state index contributed by atoms with van der Waals surface area (Å²) in [6.45, 7) is 4.02. The number of benzene rings is 2. The fourth-order valence-corrected chi connectivity index (χ4v) is 4.07. The molecule has 2 N–H and O–H groups in total. The van der Waals surface area contributed by atoms with Crippen LogP contribution in [0.25, 0.3) is 22.2 Å². The van der Waals surface area contributed by atoms with Crippen LogP contribution in [0.3, 0.4) is 0 Å². The average Bonchev–Trinajstić information content (AvgIpc) is 3.23. The van der Waals surface area contributed by atoms with E-state index in [-0.39, 0.29) is 19.1 Å². The van der Waals surface area contributed by atoms with Gasteiger partial charge in [0.05, 0.1) is 17.1 Å². The molecule has 5 aromatic rings. The highest BCUT2D eigenvalue weighted by Crippen LogP contribution is 2.35. The Morgan fingerprint density at radius 1 is 0.974 bits per heavy atom. The summed E-state index contributed by atoms with van der Waals surface area (Å²) in [7, 11) is 3.52. The fraction of sp³-hybridized carbons (Fsp3) is 0.172. The zero-order valence-corrected chi connectivity index (χ0v) is 21.6. The molecule has 9 heteroatoms. The quantitative estimate of drug-likeness (QED) is 0.265. The van der Waals surface area contributed by atoms with E-state index in [1.165, 1.54) is 0 Å². The van der Waals surface area contributed by atoms with Gasteiger partial charge >= 0.3 is 0 Å². The van der Waals surface area contributed by atoms with Crippen molar-refractivity contribution in [3.8, 4) is 28.4 Å². The van der Waals surface area contributed by atoms with Gasteiger partial charge in [-0.05, 0) is 67.9 Å². The summed E-state index contributed by atoms with van der Waals surface area (Å²) < 4.78 is 14.0. The van der Waals surface area contributed by atoms with E-state index in [0.29, 0.717) is 17.4 Å². The topological polar surface area (TPSA) is 103 Å². The number of carbonyl (C=O) groups excluding carboxylic acids is 1. The lowest BCUT2D eigenvalue weighted by atomic mass is 10.1. The Morgan fingerprint density at radius 3 is 2.53 bits per heavy atom. The first kappa shape index (κ1) is 24.8. The lowest BCUT2D eigenvalue weighted by Crippen LogP contribution is -2.18. The minimum Gasteiger partial charge on any atom is -0.490 e. The maximum atomic E-state index is 11.9. The van der Waals surface area contributed by atoms with E-state index in [4.69, 9.17) is 14.5 Å². The number of pyridine rings is 2. The van der Waals surface area contributed by atoms with Crippen molar-refractivity contribution in [3.05, 3.63) is 84.9 Å². The molecule has 5 rings (SSSR count). The number of ether oxygens (including phenoxy) is 2. The van der Waals surface area contributed by atoms with Crippen molar-refractivity contribution in [3.63, 3.8) is 0 Å². The molecule has 0 fully saturated rings. The SMILES string of the molecule is CNC(=O)c1cc(Oc2ccc3c(c2)nc(Nc2ccc(OC(C)C)c(-c4ccncc4)c2)n3C)ccn1.[HH]. The van der Waals surface area contributed by atoms with Gasteiger partial charge in [0.2, 0.25) is 5.95 Å². The van der Waals surface area contributed by atoms with Crippen LogP contribution < -0.4 is 20.1 Å². The first-order valence-electron chi connectivity index (χ1n) is 12.2. The van der Waals surface area contributed by atoms with Gasteiger partial charge in [-0.3, -0.25) is 14.8 Å². The molecule has 0 spiro atoms. The van der Waals surface area contributed by atoms with Crippen molar-refractivity contribution in [2.75, 3.05) is 12.4 Å². The molecule has 0 unspecified atom stereocenters. The predicted molar refractivity (Wildman–Crippen MR) is 149 cm³/mol. The van der Waals surface area contributed by atoms with Gasteiger partial charge in [-0.2, -0.15) is 0 Å². The molecule has 0 aliphatic rings. The van der Waals surface area contributed by atoms with Crippen LogP contribution in [0.15, 0.2) is 79.3 Å². The molecule has 0 saturated heterocycles. The van der Waals surface area contributed by atoms with Gasteiger partial charge < -0.3 is 24.7 Å². The highest BCUT2D eigenvalue weighted by molar-refractivity contribution is 5.92. The zero-order valence-electron chi connectivity index (χ0n) is 21.6. The Kier molecular flexibility index (Phi) is 6.90. The minimum absolute atomic E-state index is 0. The maximum Gasteiger partial charge on any atom is 0.269 e. The highest BCUT2D eigenvalue weighted by atomic mass is 16.5. The van der Waals surface area contributed by atoms with Gasteiger partial charge in [-0.15, -0.1) is 0 Å².